The Morgan fingerprint density at radius 1 is 1.23 bits per heavy atom. The minimum absolute atomic E-state index is 0.108. The molecule has 1 aliphatic rings. The normalized spacial score (nSPS) is 15.3. The minimum atomic E-state index is -1.19. The smallest absolute Gasteiger partial charge is 0.339 e. The first-order valence-electron chi connectivity index (χ1n) is 10.4. The van der Waals surface area contributed by atoms with Gasteiger partial charge in [-0.2, -0.15) is 0 Å². The van der Waals surface area contributed by atoms with Crippen LogP contribution in [-0.2, 0) is 11.5 Å². The number of rotatable bonds is 8. The summed E-state index contributed by atoms with van der Waals surface area (Å²) in [7, 11) is -1.19. The highest BCUT2D eigenvalue weighted by Crippen LogP contribution is 2.30. The van der Waals surface area contributed by atoms with Gasteiger partial charge in [-0.05, 0) is 18.9 Å². The molecule has 0 radical (unpaired) electrons. The van der Waals surface area contributed by atoms with Gasteiger partial charge in [0, 0.05) is 20.9 Å². The fraction of sp³-hybridized carbons (Fsp3) is 0.550. The van der Waals surface area contributed by atoms with Gasteiger partial charge in [0.2, 0.25) is 0 Å². The van der Waals surface area contributed by atoms with Crippen LogP contribution >= 0.6 is 0 Å². The average Bonchev–Trinajstić information content (AvgIpc) is 3.43. The van der Waals surface area contributed by atoms with Crippen LogP contribution in [0.1, 0.15) is 42.1 Å². The molecule has 1 aliphatic carbocycles. The van der Waals surface area contributed by atoms with Crippen LogP contribution in [0.25, 0.3) is 22.6 Å². The average molecular weight is 429 g/mol. The van der Waals surface area contributed by atoms with E-state index in [1.807, 2.05) is 10.9 Å². The van der Waals surface area contributed by atoms with Crippen molar-refractivity contribution in [2.24, 2.45) is 0 Å². The number of carboxylic acids is 1. The number of ether oxygens (including phenoxy) is 1. The number of hydrogen-bond donors (Lipinski definition) is 1. The summed E-state index contributed by atoms with van der Waals surface area (Å²) < 4.78 is 9.38. The van der Waals surface area contributed by atoms with Crippen molar-refractivity contribution >= 4 is 25.2 Å². The molecule has 3 heterocycles. The van der Waals surface area contributed by atoms with Crippen LogP contribution in [0.4, 0.5) is 0 Å². The van der Waals surface area contributed by atoms with Crippen LogP contribution in [0, 0.1) is 0 Å². The van der Waals surface area contributed by atoms with Crippen molar-refractivity contribution in [1.29, 1.82) is 0 Å². The van der Waals surface area contributed by atoms with E-state index in [1.54, 1.807) is 17.0 Å². The van der Waals surface area contributed by atoms with E-state index in [0.717, 1.165) is 18.9 Å². The third-order valence-electron chi connectivity index (χ3n) is 5.49. The number of nitrogens with zero attached hydrogens (tertiary/aromatic N) is 6. The van der Waals surface area contributed by atoms with Gasteiger partial charge < -0.3 is 14.4 Å². The number of fused-ring (bicyclic) bond motifs is 1. The van der Waals surface area contributed by atoms with Gasteiger partial charge in [0.15, 0.2) is 5.65 Å². The third kappa shape index (κ3) is 4.44. The number of aromatic carboxylic acids is 1. The third-order valence-corrected chi connectivity index (χ3v) is 7.20. The van der Waals surface area contributed by atoms with E-state index >= 15 is 0 Å². The largest absolute Gasteiger partial charge is 0.478 e. The Labute approximate surface area is 176 Å². The Kier molecular flexibility index (Phi) is 5.70. The molecule has 0 spiro atoms. The lowest BCUT2D eigenvalue weighted by Gasteiger charge is -2.15. The van der Waals surface area contributed by atoms with Gasteiger partial charge in [0.1, 0.15) is 29.2 Å². The van der Waals surface area contributed by atoms with E-state index in [4.69, 9.17) is 4.74 Å². The number of carbonyl (C=O) groups is 1. The maximum absolute atomic E-state index is 11.8. The molecule has 0 atom stereocenters. The zero-order valence-electron chi connectivity index (χ0n) is 17.7. The zero-order chi connectivity index (χ0) is 21.3. The zero-order valence-corrected chi connectivity index (χ0v) is 18.7. The number of hydrogen-bond acceptors (Lipinski definition) is 6. The SMILES string of the molecule is C[Si](C)(C)CCOCn1cc(C(=O)O)c2nc(-c3cn(C4CCCC4)nn3)cnc21. The molecule has 4 rings (SSSR count). The molecule has 1 fully saturated rings. The Morgan fingerprint density at radius 2 is 2.00 bits per heavy atom. The van der Waals surface area contributed by atoms with Gasteiger partial charge in [0.25, 0.3) is 0 Å². The van der Waals surface area contributed by atoms with Crippen LogP contribution in [0.3, 0.4) is 0 Å². The summed E-state index contributed by atoms with van der Waals surface area (Å²) >= 11 is 0. The fourth-order valence-corrected chi connectivity index (χ4v) is 4.47. The predicted molar refractivity (Wildman–Crippen MR) is 115 cm³/mol. The lowest BCUT2D eigenvalue weighted by molar-refractivity contribution is 0.0696. The van der Waals surface area contributed by atoms with Gasteiger partial charge >= 0.3 is 5.97 Å². The van der Waals surface area contributed by atoms with Crippen molar-refractivity contribution in [2.45, 2.75) is 64.1 Å². The summed E-state index contributed by atoms with van der Waals surface area (Å²) in [5, 5.41) is 18.1. The molecule has 1 N–H and O–H groups in total. The summed E-state index contributed by atoms with van der Waals surface area (Å²) in [6.45, 7) is 7.77. The van der Waals surface area contributed by atoms with E-state index in [2.05, 4.69) is 39.9 Å². The summed E-state index contributed by atoms with van der Waals surface area (Å²) in [6, 6.07) is 1.43. The summed E-state index contributed by atoms with van der Waals surface area (Å²) in [5.41, 5.74) is 2.06. The Hall–Kier alpha value is -2.59. The molecule has 1 saturated carbocycles. The monoisotopic (exact) mass is 428 g/mol. The predicted octanol–water partition coefficient (Wildman–Crippen LogP) is 3.82. The molecule has 30 heavy (non-hydrogen) atoms. The highest BCUT2D eigenvalue weighted by Gasteiger charge is 2.21. The van der Waals surface area contributed by atoms with Crippen molar-refractivity contribution < 1.29 is 14.6 Å². The van der Waals surface area contributed by atoms with Gasteiger partial charge in [0.05, 0.1) is 18.4 Å². The molecule has 0 amide bonds. The second-order valence-corrected chi connectivity index (χ2v) is 14.7. The maximum Gasteiger partial charge on any atom is 0.339 e. The second-order valence-electron chi connectivity index (χ2n) is 9.12. The summed E-state index contributed by atoms with van der Waals surface area (Å²) in [6.07, 6.45) is 9.68. The van der Waals surface area contributed by atoms with Crippen LogP contribution < -0.4 is 0 Å². The van der Waals surface area contributed by atoms with Crippen LogP contribution in [0.15, 0.2) is 18.6 Å². The second kappa shape index (κ2) is 8.27. The Morgan fingerprint density at radius 3 is 2.70 bits per heavy atom. The van der Waals surface area contributed by atoms with E-state index in [0.29, 0.717) is 35.2 Å². The number of aromatic nitrogens is 6. The van der Waals surface area contributed by atoms with Crippen molar-refractivity contribution in [3.63, 3.8) is 0 Å². The lowest BCUT2D eigenvalue weighted by atomic mass is 10.2. The van der Waals surface area contributed by atoms with Crippen LogP contribution in [0.2, 0.25) is 25.7 Å². The van der Waals surface area contributed by atoms with Crippen molar-refractivity contribution in [1.82, 2.24) is 29.5 Å². The topological polar surface area (TPSA) is 108 Å². The summed E-state index contributed by atoms with van der Waals surface area (Å²) in [5.74, 6) is -1.04. The van der Waals surface area contributed by atoms with E-state index in [1.165, 1.54) is 12.8 Å². The lowest BCUT2D eigenvalue weighted by Crippen LogP contribution is -2.22. The first-order valence-corrected chi connectivity index (χ1v) is 14.1. The molecule has 0 aliphatic heterocycles. The fourth-order valence-electron chi connectivity index (χ4n) is 3.71. The molecule has 0 aromatic carbocycles. The molecule has 160 valence electrons. The highest BCUT2D eigenvalue weighted by atomic mass is 28.3. The first kappa shape index (κ1) is 20.7. The molecule has 10 heteroatoms. The van der Waals surface area contributed by atoms with Crippen LogP contribution in [-0.4, -0.2) is 55.3 Å². The molecule has 9 nitrogen and oxygen atoms in total. The number of carboxylic acid groups (broad SMARTS) is 1. The first-order chi connectivity index (χ1) is 14.3. The van der Waals surface area contributed by atoms with Gasteiger partial charge in [-0.3, -0.25) is 0 Å². The van der Waals surface area contributed by atoms with Gasteiger partial charge in [-0.25, -0.2) is 19.4 Å². The van der Waals surface area contributed by atoms with E-state index < -0.39 is 14.0 Å². The highest BCUT2D eigenvalue weighted by molar-refractivity contribution is 6.76. The summed E-state index contributed by atoms with van der Waals surface area (Å²) in [4.78, 5) is 20.8. The van der Waals surface area contributed by atoms with E-state index in [9.17, 15) is 9.90 Å². The molecular formula is C20H28N6O3Si. The molecule has 3 aromatic rings. The minimum Gasteiger partial charge on any atom is -0.478 e. The molecule has 3 aromatic heterocycles. The van der Waals surface area contributed by atoms with Gasteiger partial charge in [-0.15, -0.1) is 5.10 Å². The van der Waals surface area contributed by atoms with Crippen molar-refractivity contribution in [3.05, 3.63) is 24.2 Å². The van der Waals surface area contributed by atoms with Crippen LogP contribution in [0.5, 0.6) is 0 Å². The molecule has 0 unspecified atom stereocenters. The van der Waals surface area contributed by atoms with Gasteiger partial charge in [-0.1, -0.05) is 37.7 Å². The standard InChI is InChI=1S/C20H28N6O3Si/c1-30(2,3)9-8-29-13-25-11-15(20(27)28)18-19(25)21-10-16(22-18)17-12-26(24-23-17)14-6-4-5-7-14/h10-12,14H,4-9,13H2,1-3H3,(H,27,28). The Balaban J connectivity index is 1.58. The van der Waals surface area contributed by atoms with Crippen molar-refractivity contribution in [2.75, 3.05) is 6.61 Å². The van der Waals surface area contributed by atoms with Crippen molar-refractivity contribution in [3.8, 4) is 11.4 Å². The quantitative estimate of drug-likeness (QED) is 0.429. The van der Waals surface area contributed by atoms with E-state index in [-0.39, 0.29) is 12.3 Å². The molecule has 0 bridgehead atoms. The molecule has 0 saturated heterocycles. The molecular weight excluding hydrogens is 400 g/mol. The Bertz CT molecular complexity index is 1050. The maximum atomic E-state index is 11.8.